The molecule has 0 atom stereocenters. The highest BCUT2D eigenvalue weighted by atomic mass is 32.1. The zero-order valence-corrected chi connectivity index (χ0v) is 11.8. The number of hydrogen-bond donors (Lipinski definition) is 0. The van der Waals surface area contributed by atoms with Gasteiger partial charge in [0.2, 0.25) is 0 Å². The molecular formula is C15H16N2S. The van der Waals surface area contributed by atoms with Crippen LogP contribution in [0, 0.1) is 32.1 Å². The lowest BCUT2D eigenvalue weighted by Crippen LogP contribution is -1.90. The third-order valence-electron chi connectivity index (χ3n) is 3.12. The number of hydrogen-bond acceptors (Lipinski definition) is 3. The zero-order chi connectivity index (χ0) is 13.1. The summed E-state index contributed by atoms with van der Waals surface area (Å²) < 4.78 is 0. The number of aryl methyl sites for hydroxylation is 4. The van der Waals surface area contributed by atoms with Gasteiger partial charge in [0, 0.05) is 23.8 Å². The van der Waals surface area contributed by atoms with Crippen molar-refractivity contribution < 1.29 is 0 Å². The van der Waals surface area contributed by atoms with Gasteiger partial charge in [0.15, 0.2) is 0 Å². The van der Waals surface area contributed by atoms with Crippen molar-refractivity contribution in [2.75, 3.05) is 0 Å². The van der Waals surface area contributed by atoms with Crippen LogP contribution in [0.25, 0.3) is 11.3 Å². The number of aromatic nitrogens is 1. The molecular weight excluding hydrogens is 240 g/mol. The molecule has 0 spiro atoms. The van der Waals surface area contributed by atoms with Gasteiger partial charge in [-0.25, -0.2) is 4.98 Å². The molecule has 0 saturated heterocycles. The summed E-state index contributed by atoms with van der Waals surface area (Å²) in [6.07, 6.45) is 1.30. The fourth-order valence-corrected chi connectivity index (χ4v) is 2.75. The predicted octanol–water partition coefficient (Wildman–Crippen LogP) is 4.19. The van der Waals surface area contributed by atoms with Crippen molar-refractivity contribution >= 4 is 11.3 Å². The topological polar surface area (TPSA) is 36.7 Å². The summed E-state index contributed by atoms with van der Waals surface area (Å²) in [5.41, 5.74) is 6.11. The highest BCUT2D eigenvalue weighted by Crippen LogP contribution is 2.27. The number of nitrogens with zero attached hydrogens (tertiary/aromatic N) is 2. The van der Waals surface area contributed by atoms with E-state index >= 15 is 0 Å². The van der Waals surface area contributed by atoms with Crippen LogP contribution < -0.4 is 0 Å². The summed E-state index contributed by atoms with van der Waals surface area (Å²) in [5.74, 6) is 0. The zero-order valence-electron chi connectivity index (χ0n) is 10.9. The van der Waals surface area contributed by atoms with Gasteiger partial charge in [0.1, 0.15) is 0 Å². The summed E-state index contributed by atoms with van der Waals surface area (Å²) >= 11 is 1.64. The van der Waals surface area contributed by atoms with E-state index in [-0.39, 0.29) is 0 Å². The molecule has 1 heterocycles. The molecule has 0 amide bonds. The first-order valence-electron chi connectivity index (χ1n) is 6.01. The van der Waals surface area contributed by atoms with Crippen LogP contribution in [-0.2, 0) is 6.42 Å². The van der Waals surface area contributed by atoms with E-state index in [0.29, 0.717) is 6.42 Å². The molecule has 2 aromatic rings. The maximum Gasteiger partial charge on any atom is 0.0942 e. The quantitative estimate of drug-likeness (QED) is 0.825. The highest BCUT2D eigenvalue weighted by molar-refractivity contribution is 7.09. The van der Waals surface area contributed by atoms with Crippen molar-refractivity contribution in [3.63, 3.8) is 0 Å². The van der Waals surface area contributed by atoms with E-state index in [9.17, 15) is 0 Å². The van der Waals surface area contributed by atoms with E-state index < -0.39 is 0 Å². The lowest BCUT2D eigenvalue weighted by molar-refractivity contribution is 0.990. The molecule has 3 heteroatoms. The number of thiazole rings is 1. The second kappa shape index (κ2) is 5.32. The maximum atomic E-state index is 8.59. The van der Waals surface area contributed by atoms with E-state index in [1.165, 1.54) is 22.3 Å². The van der Waals surface area contributed by atoms with Crippen molar-refractivity contribution in [3.8, 4) is 17.3 Å². The summed E-state index contributed by atoms with van der Waals surface area (Å²) in [6.45, 7) is 6.38. The molecule has 0 aliphatic rings. The molecule has 1 aromatic carbocycles. The van der Waals surface area contributed by atoms with E-state index in [1.807, 2.05) is 0 Å². The molecule has 0 radical (unpaired) electrons. The minimum absolute atomic E-state index is 0.541. The fourth-order valence-electron chi connectivity index (χ4n) is 1.95. The molecule has 18 heavy (non-hydrogen) atoms. The van der Waals surface area contributed by atoms with Crippen LogP contribution in [0.2, 0.25) is 0 Å². The Hall–Kier alpha value is -1.66. The van der Waals surface area contributed by atoms with Gasteiger partial charge in [0.25, 0.3) is 0 Å². The minimum atomic E-state index is 0.541. The molecule has 0 unspecified atom stereocenters. The van der Waals surface area contributed by atoms with Crippen molar-refractivity contribution in [3.05, 3.63) is 39.2 Å². The van der Waals surface area contributed by atoms with Crippen LogP contribution in [0.4, 0.5) is 0 Å². The Labute approximate surface area is 112 Å². The molecule has 0 bridgehead atoms. The molecule has 92 valence electrons. The molecule has 1 aromatic heterocycles. The van der Waals surface area contributed by atoms with Crippen LogP contribution in [0.3, 0.4) is 0 Å². The average molecular weight is 256 g/mol. The van der Waals surface area contributed by atoms with E-state index in [2.05, 4.69) is 49.3 Å². The molecule has 0 saturated carbocycles. The monoisotopic (exact) mass is 256 g/mol. The summed E-state index contributed by atoms with van der Waals surface area (Å²) in [5, 5.41) is 11.7. The van der Waals surface area contributed by atoms with E-state index in [1.54, 1.807) is 11.3 Å². The van der Waals surface area contributed by atoms with E-state index in [4.69, 9.17) is 5.26 Å². The summed E-state index contributed by atoms with van der Waals surface area (Å²) in [4.78, 5) is 4.62. The van der Waals surface area contributed by atoms with Crippen molar-refractivity contribution in [1.82, 2.24) is 4.98 Å². The van der Waals surface area contributed by atoms with Crippen LogP contribution in [0.1, 0.15) is 28.1 Å². The Morgan fingerprint density at radius 2 is 1.89 bits per heavy atom. The Morgan fingerprint density at radius 1 is 1.17 bits per heavy atom. The first kappa shape index (κ1) is 12.8. The van der Waals surface area contributed by atoms with Gasteiger partial charge in [-0.05, 0) is 43.5 Å². The minimum Gasteiger partial charge on any atom is -0.241 e. The lowest BCUT2D eigenvalue weighted by atomic mass is 9.99. The average Bonchev–Trinajstić information content (AvgIpc) is 2.79. The fraction of sp³-hybridized carbons (Fsp3) is 0.333. The van der Waals surface area contributed by atoms with Gasteiger partial charge in [-0.2, -0.15) is 5.26 Å². The van der Waals surface area contributed by atoms with Gasteiger partial charge in [-0.1, -0.05) is 6.07 Å². The molecule has 0 fully saturated rings. The maximum absolute atomic E-state index is 8.59. The smallest absolute Gasteiger partial charge is 0.0942 e. The standard InChI is InChI=1S/C15H16N2S/c1-10-7-12(3)13(8-11(10)2)14-9-18-15(17-14)5-4-6-16/h7-9H,4-5H2,1-3H3. The molecule has 2 rings (SSSR count). The molecule has 0 N–H and O–H groups in total. The third-order valence-corrected chi connectivity index (χ3v) is 4.03. The lowest BCUT2D eigenvalue weighted by Gasteiger charge is -2.07. The second-order valence-corrected chi connectivity index (χ2v) is 5.48. The van der Waals surface area contributed by atoms with Crippen molar-refractivity contribution in [1.29, 1.82) is 5.26 Å². The SMILES string of the molecule is Cc1cc(C)c(-c2csc(CCC#N)n2)cc1C. The van der Waals surface area contributed by atoms with Gasteiger partial charge in [-0.3, -0.25) is 0 Å². The number of rotatable bonds is 3. The molecule has 2 nitrogen and oxygen atoms in total. The van der Waals surface area contributed by atoms with Gasteiger partial charge in [0.05, 0.1) is 16.8 Å². The van der Waals surface area contributed by atoms with E-state index in [0.717, 1.165) is 17.1 Å². The van der Waals surface area contributed by atoms with Crippen LogP contribution >= 0.6 is 11.3 Å². The van der Waals surface area contributed by atoms with Gasteiger partial charge >= 0.3 is 0 Å². The normalized spacial score (nSPS) is 10.3. The number of nitriles is 1. The summed E-state index contributed by atoms with van der Waals surface area (Å²) in [7, 11) is 0. The first-order valence-corrected chi connectivity index (χ1v) is 6.89. The third kappa shape index (κ3) is 2.60. The highest BCUT2D eigenvalue weighted by Gasteiger charge is 2.08. The van der Waals surface area contributed by atoms with Crippen molar-refractivity contribution in [2.45, 2.75) is 33.6 Å². The van der Waals surface area contributed by atoms with Crippen molar-refractivity contribution in [2.24, 2.45) is 0 Å². The Morgan fingerprint density at radius 3 is 2.61 bits per heavy atom. The second-order valence-electron chi connectivity index (χ2n) is 4.54. The van der Waals surface area contributed by atoms with Gasteiger partial charge < -0.3 is 0 Å². The Bertz CT molecular complexity index is 605. The molecule has 0 aliphatic heterocycles. The summed E-state index contributed by atoms with van der Waals surface area (Å²) in [6, 6.07) is 6.57. The van der Waals surface area contributed by atoms with Gasteiger partial charge in [-0.15, -0.1) is 11.3 Å². The van der Waals surface area contributed by atoms with Crippen LogP contribution in [-0.4, -0.2) is 4.98 Å². The van der Waals surface area contributed by atoms with Crippen LogP contribution in [0.15, 0.2) is 17.5 Å². The Kier molecular flexibility index (Phi) is 3.78. The first-order chi connectivity index (χ1) is 8.61. The van der Waals surface area contributed by atoms with Crippen LogP contribution in [0.5, 0.6) is 0 Å². The molecule has 0 aliphatic carbocycles. The number of benzene rings is 1. The Balaban J connectivity index is 2.34. The predicted molar refractivity (Wildman–Crippen MR) is 75.7 cm³/mol. The largest absolute Gasteiger partial charge is 0.241 e.